The number of anilines is 1. The molecule has 0 radical (unpaired) electrons. The standard InChI is InChI=1S/C29H24N6O5/c1-18-26-24(33-34-28(36)19-7-5-10-23(17-19)35(38)39)11-6-12-25(26)40-27(18)29(37)30-20-13-15-22(16-14-20)32-31-21-8-3-2-4-9-21/h2-5,7-10,13-17H,6,11-12H2,1H3,(H,30,37)(H,34,36). The normalized spacial score (nSPS) is 13.7. The number of azo groups is 1. The first-order valence-electron chi connectivity index (χ1n) is 12.5. The molecular weight excluding hydrogens is 512 g/mol. The van der Waals surface area contributed by atoms with Crippen LogP contribution in [-0.2, 0) is 6.42 Å². The predicted molar refractivity (Wildman–Crippen MR) is 148 cm³/mol. The molecule has 5 rings (SSSR count). The minimum Gasteiger partial charge on any atom is -0.455 e. The van der Waals surface area contributed by atoms with Crippen LogP contribution in [-0.4, -0.2) is 22.4 Å². The number of fused-ring (bicyclic) bond motifs is 1. The van der Waals surface area contributed by atoms with Crippen LogP contribution in [0.4, 0.5) is 22.7 Å². The lowest BCUT2D eigenvalue weighted by molar-refractivity contribution is -0.384. The van der Waals surface area contributed by atoms with Crippen LogP contribution in [0, 0.1) is 17.0 Å². The van der Waals surface area contributed by atoms with E-state index >= 15 is 0 Å². The second kappa shape index (κ2) is 11.5. The molecule has 0 saturated carbocycles. The van der Waals surface area contributed by atoms with Gasteiger partial charge in [-0.15, -0.1) is 0 Å². The summed E-state index contributed by atoms with van der Waals surface area (Å²) in [5, 5.41) is 26.5. The highest BCUT2D eigenvalue weighted by Crippen LogP contribution is 2.30. The molecule has 3 aromatic carbocycles. The van der Waals surface area contributed by atoms with Crippen molar-refractivity contribution in [2.75, 3.05) is 5.32 Å². The van der Waals surface area contributed by atoms with Crippen LogP contribution in [0.3, 0.4) is 0 Å². The molecule has 40 heavy (non-hydrogen) atoms. The summed E-state index contributed by atoms with van der Waals surface area (Å²) in [6.45, 7) is 1.77. The molecule has 1 aliphatic carbocycles. The number of aryl methyl sites for hydroxylation is 1. The quantitative estimate of drug-likeness (QED) is 0.154. The first-order chi connectivity index (χ1) is 19.4. The number of nitro groups is 1. The molecular formula is C29H24N6O5. The Morgan fingerprint density at radius 3 is 2.35 bits per heavy atom. The first-order valence-corrected chi connectivity index (χ1v) is 12.5. The van der Waals surface area contributed by atoms with Gasteiger partial charge in [-0.3, -0.25) is 19.7 Å². The van der Waals surface area contributed by atoms with E-state index in [1.807, 2.05) is 30.3 Å². The van der Waals surface area contributed by atoms with Gasteiger partial charge in [0.1, 0.15) is 5.76 Å². The van der Waals surface area contributed by atoms with Gasteiger partial charge in [0.05, 0.1) is 22.0 Å². The molecule has 1 heterocycles. The van der Waals surface area contributed by atoms with E-state index in [9.17, 15) is 19.7 Å². The molecule has 0 aliphatic heterocycles. The third-order valence-electron chi connectivity index (χ3n) is 6.31. The Hall–Kier alpha value is -5.45. The summed E-state index contributed by atoms with van der Waals surface area (Å²) in [6, 6.07) is 21.7. The van der Waals surface area contributed by atoms with E-state index in [0.29, 0.717) is 46.8 Å². The molecule has 0 spiro atoms. The van der Waals surface area contributed by atoms with Gasteiger partial charge in [-0.25, -0.2) is 5.43 Å². The molecule has 11 nitrogen and oxygen atoms in total. The molecule has 2 N–H and O–H groups in total. The summed E-state index contributed by atoms with van der Waals surface area (Å²) < 4.78 is 5.93. The van der Waals surface area contributed by atoms with Gasteiger partial charge in [-0.2, -0.15) is 15.3 Å². The Kier molecular flexibility index (Phi) is 7.54. The van der Waals surface area contributed by atoms with E-state index < -0.39 is 16.7 Å². The number of nitro benzene ring substituents is 1. The highest BCUT2D eigenvalue weighted by Gasteiger charge is 2.28. The average molecular weight is 537 g/mol. The van der Waals surface area contributed by atoms with Gasteiger partial charge in [-0.05, 0) is 62.2 Å². The van der Waals surface area contributed by atoms with Crippen molar-refractivity contribution in [1.82, 2.24) is 5.43 Å². The minimum absolute atomic E-state index is 0.117. The summed E-state index contributed by atoms with van der Waals surface area (Å²) in [6.07, 6.45) is 1.93. The number of non-ortho nitro benzene ring substituents is 1. The number of rotatable bonds is 7. The number of carbonyl (C=O) groups is 2. The van der Waals surface area contributed by atoms with Crippen molar-refractivity contribution in [2.45, 2.75) is 26.2 Å². The molecule has 0 bridgehead atoms. The van der Waals surface area contributed by atoms with E-state index in [1.165, 1.54) is 24.3 Å². The Labute approximate surface area is 228 Å². The highest BCUT2D eigenvalue weighted by atomic mass is 16.6. The summed E-state index contributed by atoms with van der Waals surface area (Å²) in [7, 11) is 0. The molecule has 200 valence electrons. The molecule has 1 aromatic heterocycles. The number of amides is 2. The molecule has 1 aliphatic rings. The third kappa shape index (κ3) is 5.83. The zero-order chi connectivity index (χ0) is 28.1. The molecule has 11 heteroatoms. The van der Waals surface area contributed by atoms with Gasteiger partial charge in [0.2, 0.25) is 0 Å². The van der Waals surface area contributed by atoms with E-state index in [1.54, 1.807) is 31.2 Å². The number of benzene rings is 3. The van der Waals surface area contributed by atoms with Crippen molar-refractivity contribution in [1.29, 1.82) is 0 Å². The van der Waals surface area contributed by atoms with Crippen LogP contribution in [0.2, 0.25) is 0 Å². The Bertz CT molecular complexity index is 1640. The summed E-state index contributed by atoms with van der Waals surface area (Å²) >= 11 is 0. The fourth-order valence-electron chi connectivity index (χ4n) is 4.35. The molecule has 0 fully saturated rings. The molecule has 0 saturated heterocycles. The number of hydrazone groups is 1. The summed E-state index contributed by atoms with van der Waals surface area (Å²) in [5.74, 6) is -0.203. The fraction of sp³-hybridized carbons (Fsp3) is 0.138. The number of carbonyl (C=O) groups excluding carboxylic acids is 2. The van der Waals surface area contributed by atoms with Gasteiger partial charge in [-0.1, -0.05) is 24.3 Å². The summed E-state index contributed by atoms with van der Waals surface area (Å²) in [5.41, 5.74) is 6.23. The number of nitrogens with zero attached hydrogens (tertiary/aromatic N) is 4. The summed E-state index contributed by atoms with van der Waals surface area (Å²) in [4.78, 5) is 36.1. The van der Waals surface area contributed by atoms with E-state index in [2.05, 4.69) is 26.1 Å². The van der Waals surface area contributed by atoms with Gasteiger partial charge in [0, 0.05) is 40.9 Å². The average Bonchev–Trinajstić information content (AvgIpc) is 3.33. The fourth-order valence-corrected chi connectivity index (χ4v) is 4.35. The van der Waals surface area contributed by atoms with Crippen molar-refractivity contribution >= 4 is 40.3 Å². The van der Waals surface area contributed by atoms with Gasteiger partial charge < -0.3 is 9.73 Å². The maximum Gasteiger partial charge on any atom is 0.291 e. The zero-order valence-electron chi connectivity index (χ0n) is 21.5. The number of hydrogen-bond donors (Lipinski definition) is 2. The van der Waals surface area contributed by atoms with Crippen LogP contribution in [0.5, 0.6) is 0 Å². The van der Waals surface area contributed by atoms with Crippen molar-refractivity contribution in [2.24, 2.45) is 15.3 Å². The minimum atomic E-state index is -0.575. The van der Waals surface area contributed by atoms with Crippen molar-refractivity contribution in [3.05, 3.63) is 117 Å². The van der Waals surface area contributed by atoms with Crippen LogP contribution >= 0.6 is 0 Å². The van der Waals surface area contributed by atoms with Crippen LogP contribution < -0.4 is 10.7 Å². The largest absolute Gasteiger partial charge is 0.455 e. The maximum absolute atomic E-state index is 13.1. The SMILES string of the molecule is Cc1c(C(=O)Nc2ccc(N=Nc3ccccc3)cc2)oc2c1C(=NNC(=O)c1cccc([N+](=O)[O-])c1)CCC2. The van der Waals surface area contributed by atoms with Crippen molar-refractivity contribution < 1.29 is 18.9 Å². The lowest BCUT2D eigenvalue weighted by Gasteiger charge is -2.13. The monoisotopic (exact) mass is 536 g/mol. The lowest BCUT2D eigenvalue weighted by atomic mass is 9.93. The Morgan fingerprint density at radius 1 is 0.900 bits per heavy atom. The molecule has 0 atom stereocenters. The zero-order valence-corrected chi connectivity index (χ0v) is 21.5. The number of furan rings is 1. The van der Waals surface area contributed by atoms with Crippen molar-refractivity contribution in [3.8, 4) is 0 Å². The maximum atomic E-state index is 13.1. The Balaban J connectivity index is 1.29. The first kappa shape index (κ1) is 26.2. The lowest BCUT2D eigenvalue weighted by Crippen LogP contribution is -2.22. The predicted octanol–water partition coefficient (Wildman–Crippen LogP) is 6.63. The van der Waals surface area contributed by atoms with Gasteiger partial charge in [0.15, 0.2) is 5.76 Å². The number of hydrogen-bond acceptors (Lipinski definition) is 8. The van der Waals surface area contributed by atoms with E-state index in [0.717, 1.165) is 12.1 Å². The Morgan fingerprint density at radius 2 is 1.62 bits per heavy atom. The second-order valence-electron chi connectivity index (χ2n) is 9.05. The molecule has 4 aromatic rings. The van der Waals surface area contributed by atoms with E-state index in [-0.39, 0.29) is 17.0 Å². The van der Waals surface area contributed by atoms with Crippen LogP contribution in [0.1, 0.15) is 50.6 Å². The topological polar surface area (TPSA) is 152 Å². The highest BCUT2D eigenvalue weighted by molar-refractivity contribution is 6.09. The van der Waals surface area contributed by atoms with Gasteiger partial charge >= 0.3 is 0 Å². The van der Waals surface area contributed by atoms with Crippen LogP contribution in [0.25, 0.3) is 0 Å². The van der Waals surface area contributed by atoms with E-state index in [4.69, 9.17) is 4.42 Å². The van der Waals surface area contributed by atoms with Gasteiger partial charge in [0.25, 0.3) is 17.5 Å². The molecule has 2 amide bonds. The van der Waals surface area contributed by atoms with Crippen LogP contribution in [0.15, 0.2) is 98.6 Å². The number of nitrogens with one attached hydrogen (secondary N) is 2. The molecule has 0 unspecified atom stereocenters. The smallest absolute Gasteiger partial charge is 0.291 e. The van der Waals surface area contributed by atoms with Crippen molar-refractivity contribution in [3.63, 3.8) is 0 Å². The third-order valence-corrected chi connectivity index (χ3v) is 6.31. The second-order valence-corrected chi connectivity index (χ2v) is 9.05.